The van der Waals surface area contributed by atoms with E-state index >= 15 is 0 Å². The van der Waals surface area contributed by atoms with Gasteiger partial charge in [0.2, 0.25) is 0 Å². The van der Waals surface area contributed by atoms with Gasteiger partial charge in [0.25, 0.3) is 0 Å². The summed E-state index contributed by atoms with van der Waals surface area (Å²) in [6, 6.07) is 0. The summed E-state index contributed by atoms with van der Waals surface area (Å²) in [5.41, 5.74) is 1.41. The maximum atomic E-state index is 4.73. The molecule has 0 bridgehead atoms. The first kappa shape index (κ1) is 15.7. The van der Waals surface area contributed by atoms with Crippen LogP contribution in [0, 0.1) is 8.99 Å². The molecule has 0 spiro atoms. The van der Waals surface area contributed by atoms with Gasteiger partial charge in [-0.3, -0.25) is 0 Å². The van der Waals surface area contributed by atoms with Crippen LogP contribution in [-0.4, -0.2) is 16.5 Å². The van der Waals surface area contributed by atoms with Gasteiger partial charge in [0, 0.05) is 13.0 Å². The quantitative estimate of drug-likeness (QED) is 0.804. The molecule has 0 aliphatic heterocycles. The summed E-state index contributed by atoms with van der Waals surface area (Å²) in [7, 11) is 0. The third kappa shape index (κ3) is 4.71. The Bertz CT molecular complexity index is 370. The van der Waals surface area contributed by atoms with Crippen molar-refractivity contribution in [2.45, 2.75) is 53.9 Å². The van der Waals surface area contributed by atoms with E-state index in [2.05, 4.69) is 67.5 Å². The zero-order valence-corrected chi connectivity index (χ0v) is 14.3. The summed E-state index contributed by atoms with van der Waals surface area (Å²) < 4.78 is 1.17. The molecule has 1 aromatic rings. The first-order valence-electron chi connectivity index (χ1n) is 6.66. The second-order valence-electron chi connectivity index (χ2n) is 5.77. The molecule has 0 radical (unpaired) electrons. The van der Waals surface area contributed by atoms with E-state index in [-0.39, 0.29) is 5.41 Å². The lowest BCUT2D eigenvalue weighted by Crippen LogP contribution is -2.16. The zero-order valence-electron chi connectivity index (χ0n) is 12.1. The highest BCUT2D eigenvalue weighted by Gasteiger charge is 2.17. The first-order chi connectivity index (χ1) is 8.37. The maximum Gasteiger partial charge on any atom is 0.143 e. The molecule has 18 heavy (non-hydrogen) atoms. The number of rotatable bonds is 5. The van der Waals surface area contributed by atoms with Crippen molar-refractivity contribution in [3.8, 4) is 0 Å². The molecule has 0 aliphatic carbocycles. The predicted octanol–water partition coefficient (Wildman–Crippen LogP) is 4.05. The number of aryl methyl sites for hydroxylation is 1. The van der Waals surface area contributed by atoms with Gasteiger partial charge < -0.3 is 5.32 Å². The molecule has 0 atom stereocenters. The number of anilines is 1. The first-order valence-corrected chi connectivity index (χ1v) is 7.74. The van der Waals surface area contributed by atoms with Crippen molar-refractivity contribution in [1.29, 1.82) is 0 Å². The molecular weight excluding hydrogens is 337 g/mol. The van der Waals surface area contributed by atoms with Crippen LogP contribution in [0.3, 0.4) is 0 Å². The van der Waals surface area contributed by atoms with Crippen LogP contribution in [-0.2, 0) is 12.8 Å². The minimum absolute atomic E-state index is 0.222. The van der Waals surface area contributed by atoms with Gasteiger partial charge in [0.05, 0.1) is 9.26 Å². The molecule has 0 saturated heterocycles. The molecule has 0 amide bonds. The van der Waals surface area contributed by atoms with Gasteiger partial charge in [-0.2, -0.15) is 0 Å². The Kier molecular flexibility index (Phi) is 5.82. The second kappa shape index (κ2) is 6.68. The number of halogens is 1. The molecule has 102 valence electrons. The summed E-state index contributed by atoms with van der Waals surface area (Å²) in [5, 5.41) is 3.34. The summed E-state index contributed by atoms with van der Waals surface area (Å²) in [6.45, 7) is 11.9. The van der Waals surface area contributed by atoms with E-state index in [9.17, 15) is 0 Å². The number of hydrogen-bond donors (Lipinski definition) is 1. The van der Waals surface area contributed by atoms with E-state index in [0.29, 0.717) is 0 Å². The van der Waals surface area contributed by atoms with Crippen molar-refractivity contribution >= 4 is 28.4 Å². The van der Waals surface area contributed by atoms with Crippen molar-refractivity contribution in [2.75, 3.05) is 11.9 Å². The second-order valence-corrected chi connectivity index (χ2v) is 6.85. The van der Waals surface area contributed by atoms with Gasteiger partial charge in [-0.25, -0.2) is 9.97 Å². The number of nitrogens with one attached hydrogen (secondary N) is 1. The van der Waals surface area contributed by atoms with Crippen LogP contribution in [0.15, 0.2) is 0 Å². The van der Waals surface area contributed by atoms with Crippen LogP contribution >= 0.6 is 22.6 Å². The standard InChI is InChI=1S/C14H24IN3/c1-6-8-10-12(15)13(16-7-2)18-11(17-10)9-14(3,4)5/h6-9H2,1-5H3,(H,16,17,18). The molecule has 4 heteroatoms. The average molecular weight is 361 g/mol. The van der Waals surface area contributed by atoms with E-state index in [1.54, 1.807) is 0 Å². The number of aromatic nitrogens is 2. The van der Waals surface area contributed by atoms with Gasteiger partial charge in [-0.15, -0.1) is 0 Å². The Morgan fingerprint density at radius 3 is 2.33 bits per heavy atom. The summed E-state index contributed by atoms with van der Waals surface area (Å²) >= 11 is 2.35. The molecule has 0 aromatic carbocycles. The molecule has 0 unspecified atom stereocenters. The topological polar surface area (TPSA) is 37.8 Å². The van der Waals surface area contributed by atoms with Crippen molar-refractivity contribution in [3.05, 3.63) is 15.1 Å². The van der Waals surface area contributed by atoms with E-state index in [1.165, 1.54) is 9.26 Å². The Hall–Kier alpha value is -0.390. The molecule has 1 heterocycles. The smallest absolute Gasteiger partial charge is 0.143 e. The average Bonchev–Trinajstić information content (AvgIpc) is 2.23. The minimum Gasteiger partial charge on any atom is -0.369 e. The van der Waals surface area contributed by atoms with E-state index in [1.807, 2.05) is 0 Å². The highest BCUT2D eigenvalue weighted by atomic mass is 127. The van der Waals surface area contributed by atoms with Gasteiger partial charge >= 0.3 is 0 Å². The van der Waals surface area contributed by atoms with E-state index in [0.717, 1.165) is 37.4 Å². The Balaban J connectivity index is 3.11. The van der Waals surface area contributed by atoms with Crippen molar-refractivity contribution in [1.82, 2.24) is 9.97 Å². The summed E-state index contributed by atoms with van der Waals surface area (Å²) in [5.74, 6) is 1.96. The highest BCUT2D eigenvalue weighted by Crippen LogP contribution is 2.24. The lowest BCUT2D eigenvalue weighted by Gasteiger charge is -2.19. The van der Waals surface area contributed by atoms with E-state index < -0.39 is 0 Å². The zero-order chi connectivity index (χ0) is 13.8. The molecule has 1 rings (SSSR count). The fraction of sp³-hybridized carbons (Fsp3) is 0.714. The predicted molar refractivity (Wildman–Crippen MR) is 86.1 cm³/mol. The molecule has 1 N–H and O–H groups in total. The van der Waals surface area contributed by atoms with Gasteiger partial charge in [-0.05, 0) is 41.4 Å². The minimum atomic E-state index is 0.222. The van der Waals surface area contributed by atoms with Crippen LogP contribution in [0.1, 0.15) is 52.6 Å². The van der Waals surface area contributed by atoms with E-state index in [4.69, 9.17) is 4.98 Å². The third-order valence-electron chi connectivity index (χ3n) is 2.49. The van der Waals surface area contributed by atoms with Crippen LogP contribution in [0.25, 0.3) is 0 Å². The highest BCUT2D eigenvalue weighted by molar-refractivity contribution is 14.1. The molecule has 0 fully saturated rings. The summed E-state index contributed by atoms with van der Waals surface area (Å²) in [6.07, 6.45) is 3.06. The number of hydrogen-bond acceptors (Lipinski definition) is 3. The van der Waals surface area contributed by atoms with Crippen molar-refractivity contribution in [2.24, 2.45) is 5.41 Å². The SMILES string of the molecule is CCCc1nc(CC(C)(C)C)nc(NCC)c1I. The normalized spacial score (nSPS) is 11.7. The van der Waals surface area contributed by atoms with Gasteiger partial charge in [0.15, 0.2) is 0 Å². The molecule has 0 saturated carbocycles. The largest absolute Gasteiger partial charge is 0.369 e. The summed E-state index contributed by atoms with van der Waals surface area (Å²) in [4.78, 5) is 9.39. The van der Waals surface area contributed by atoms with Crippen LogP contribution < -0.4 is 5.32 Å². The van der Waals surface area contributed by atoms with Crippen LogP contribution in [0.4, 0.5) is 5.82 Å². The molecule has 0 aliphatic rings. The van der Waals surface area contributed by atoms with Crippen molar-refractivity contribution < 1.29 is 0 Å². The fourth-order valence-corrected chi connectivity index (χ4v) is 2.49. The lowest BCUT2D eigenvalue weighted by molar-refractivity contribution is 0.400. The Morgan fingerprint density at radius 1 is 1.17 bits per heavy atom. The molecule has 3 nitrogen and oxygen atoms in total. The number of nitrogens with zero attached hydrogens (tertiary/aromatic N) is 2. The van der Waals surface area contributed by atoms with Crippen LogP contribution in [0.5, 0.6) is 0 Å². The fourth-order valence-electron chi connectivity index (χ4n) is 1.79. The van der Waals surface area contributed by atoms with Crippen molar-refractivity contribution in [3.63, 3.8) is 0 Å². The molecular formula is C14H24IN3. The Morgan fingerprint density at radius 2 is 1.83 bits per heavy atom. The van der Waals surface area contributed by atoms with Gasteiger partial charge in [0.1, 0.15) is 11.6 Å². The Labute approximate surface area is 124 Å². The molecule has 1 aromatic heterocycles. The van der Waals surface area contributed by atoms with Gasteiger partial charge in [-0.1, -0.05) is 34.1 Å². The van der Waals surface area contributed by atoms with Crippen LogP contribution in [0.2, 0.25) is 0 Å². The third-order valence-corrected chi connectivity index (χ3v) is 3.62. The lowest BCUT2D eigenvalue weighted by atomic mass is 9.92. The monoisotopic (exact) mass is 361 g/mol. The maximum absolute atomic E-state index is 4.73.